The molecule has 1 N–H and O–H groups in total. The van der Waals surface area contributed by atoms with Crippen molar-refractivity contribution in [3.05, 3.63) is 60.2 Å². The summed E-state index contributed by atoms with van der Waals surface area (Å²) in [5.41, 5.74) is 3.06. The number of benzene rings is 2. The summed E-state index contributed by atoms with van der Waals surface area (Å²) in [5, 5.41) is 12.2. The molecule has 1 aliphatic heterocycles. The molecule has 0 unspecified atom stereocenters. The van der Waals surface area contributed by atoms with Gasteiger partial charge in [0.05, 0.1) is 56.0 Å². The molecule has 2 aromatic rings. The normalized spacial score (nSPS) is 13.3. The number of nitrogens with one attached hydrogen (secondary N) is 1. The summed E-state index contributed by atoms with van der Waals surface area (Å²) in [7, 11) is 0. The molecule has 1 aliphatic rings. The van der Waals surface area contributed by atoms with E-state index in [1.165, 1.54) is 0 Å². The van der Waals surface area contributed by atoms with Crippen LogP contribution >= 0.6 is 0 Å². The quantitative estimate of drug-likeness (QED) is 0.464. The Bertz CT molecular complexity index is 1040. The van der Waals surface area contributed by atoms with Crippen molar-refractivity contribution in [1.29, 1.82) is 5.26 Å². The Balaban J connectivity index is 1.79. The van der Waals surface area contributed by atoms with Gasteiger partial charge in [-0.25, -0.2) is 0 Å². The number of nitriles is 1. The third kappa shape index (κ3) is 7.47. The second-order valence-corrected chi connectivity index (χ2v) is 8.10. The Morgan fingerprint density at radius 1 is 1.20 bits per heavy atom. The van der Waals surface area contributed by atoms with Gasteiger partial charge in [-0.15, -0.1) is 6.58 Å². The predicted molar refractivity (Wildman–Crippen MR) is 137 cm³/mol. The van der Waals surface area contributed by atoms with Crippen molar-refractivity contribution in [3.63, 3.8) is 0 Å². The lowest BCUT2D eigenvalue weighted by Crippen LogP contribution is -2.36. The minimum atomic E-state index is -0.175. The molecule has 1 saturated heterocycles. The third-order valence-electron chi connectivity index (χ3n) is 5.50. The van der Waals surface area contributed by atoms with Crippen molar-refractivity contribution in [2.24, 2.45) is 0 Å². The maximum absolute atomic E-state index is 13.1. The Morgan fingerprint density at radius 2 is 1.94 bits per heavy atom. The Hall–Kier alpha value is -3.54. The molecule has 1 fully saturated rings. The number of rotatable bonds is 12. The lowest BCUT2D eigenvalue weighted by atomic mass is 10.1. The molecular formula is C27H34N4O4. The average Bonchev–Trinajstić information content (AvgIpc) is 2.86. The highest BCUT2D eigenvalue weighted by molar-refractivity contribution is 5.94. The minimum Gasteiger partial charge on any atom is -0.492 e. The van der Waals surface area contributed by atoms with E-state index in [4.69, 9.17) is 19.5 Å². The molecule has 1 heterocycles. The van der Waals surface area contributed by atoms with Crippen molar-refractivity contribution >= 4 is 17.3 Å². The van der Waals surface area contributed by atoms with E-state index in [0.29, 0.717) is 62.3 Å². The first-order chi connectivity index (χ1) is 17.1. The summed E-state index contributed by atoms with van der Waals surface area (Å²) < 4.78 is 17.3. The van der Waals surface area contributed by atoms with E-state index >= 15 is 0 Å². The number of nitrogens with zero attached hydrogens (tertiary/aromatic N) is 3. The van der Waals surface area contributed by atoms with Crippen LogP contribution in [-0.4, -0.2) is 63.4 Å². The number of carbonyl (C=O) groups is 1. The van der Waals surface area contributed by atoms with Gasteiger partial charge in [0.2, 0.25) is 5.91 Å². The first-order valence-electron chi connectivity index (χ1n) is 12.0. The van der Waals surface area contributed by atoms with Gasteiger partial charge < -0.3 is 24.4 Å². The highest BCUT2D eigenvalue weighted by Crippen LogP contribution is 2.39. The van der Waals surface area contributed by atoms with Gasteiger partial charge in [-0.2, -0.15) is 5.26 Å². The fourth-order valence-electron chi connectivity index (χ4n) is 4.00. The second-order valence-electron chi connectivity index (χ2n) is 8.10. The van der Waals surface area contributed by atoms with Crippen LogP contribution in [0.3, 0.4) is 0 Å². The monoisotopic (exact) mass is 478 g/mol. The maximum atomic E-state index is 13.1. The van der Waals surface area contributed by atoms with Crippen molar-refractivity contribution in [2.45, 2.75) is 20.4 Å². The van der Waals surface area contributed by atoms with Gasteiger partial charge >= 0.3 is 0 Å². The van der Waals surface area contributed by atoms with Crippen LogP contribution < -0.4 is 19.7 Å². The molecule has 0 saturated carbocycles. The van der Waals surface area contributed by atoms with E-state index in [9.17, 15) is 4.79 Å². The van der Waals surface area contributed by atoms with E-state index in [2.05, 4.69) is 22.9 Å². The van der Waals surface area contributed by atoms with E-state index in [-0.39, 0.29) is 12.5 Å². The van der Waals surface area contributed by atoms with Crippen LogP contribution in [0.4, 0.5) is 11.4 Å². The number of morpholine rings is 1. The van der Waals surface area contributed by atoms with Crippen LogP contribution in [0.25, 0.3) is 0 Å². The molecule has 2 aromatic carbocycles. The summed E-state index contributed by atoms with van der Waals surface area (Å²) in [6.07, 6.45) is 1.76. The molecule has 0 radical (unpaired) electrons. The molecule has 8 nitrogen and oxygen atoms in total. The first kappa shape index (κ1) is 26.1. The zero-order valence-corrected chi connectivity index (χ0v) is 20.6. The number of amides is 1. The van der Waals surface area contributed by atoms with Crippen molar-refractivity contribution in [3.8, 4) is 17.6 Å². The smallest absolute Gasteiger partial charge is 0.238 e. The molecule has 0 aromatic heterocycles. The SMILES string of the molecule is C=CCN(CC(=O)Nc1cc(OCC)c(N2CCOCC2)cc1OCC)Cc1cccc(C#N)c1. The molecule has 1 amide bonds. The van der Waals surface area contributed by atoms with Gasteiger partial charge in [-0.3, -0.25) is 9.69 Å². The molecule has 0 aliphatic carbocycles. The lowest BCUT2D eigenvalue weighted by Gasteiger charge is -2.31. The number of carbonyl (C=O) groups excluding carboxylic acids is 1. The maximum Gasteiger partial charge on any atom is 0.238 e. The van der Waals surface area contributed by atoms with Crippen molar-refractivity contribution in [2.75, 3.05) is 62.8 Å². The number of anilines is 2. The number of hydrogen-bond donors (Lipinski definition) is 1. The summed E-state index contributed by atoms with van der Waals surface area (Å²) in [6, 6.07) is 13.3. The molecule has 3 rings (SSSR count). The highest BCUT2D eigenvalue weighted by Gasteiger charge is 2.21. The Kier molecular flexibility index (Phi) is 9.96. The molecule has 0 atom stereocenters. The van der Waals surface area contributed by atoms with Gasteiger partial charge in [0, 0.05) is 38.3 Å². The molecule has 35 heavy (non-hydrogen) atoms. The molecule has 0 spiro atoms. The fraction of sp³-hybridized carbons (Fsp3) is 0.407. The van der Waals surface area contributed by atoms with Crippen LogP contribution in [0.15, 0.2) is 49.1 Å². The first-order valence-corrected chi connectivity index (χ1v) is 12.0. The van der Waals surface area contributed by atoms with Crippen LogP contribution in [-0.2, 0) is 16.1 Å². The second kappa shape index (κ2) is 13.4. The summed E-state index contributed by atoms with van der Waals surface area (Å²) in [5.74, 6) is 1.12. The number of ether oxygens (including phenoxy) is 3. The third-order valence-corrected chi connectivity index (χ3v) is 5.50. The van der Waals surface area contributed by atoms with Crippen LogP contribution in [0.5, 0.6) is 11.5 Å². The Morgan fingerprint density at radius 3 is 2.63 bits per heavy atom. The Labute approximate surface area is 207 Å². The molecular weight excluding hydrogens is 444 g/mol. The van der Waals surface area contributed by atoms with Gasteiger partial charge in [0.15, 0.2) is 0 Å². The molecule has 0 bridgehead atoms. The standard InChI is InChI=1S/C27H34N4O4/c1-4-10-30(19-22-9-7-8-21(15-22)18-28)20-27(32)29-23-16-26(35-6-3)24(17-25(23)34-5-2)31-11-13-33-14-12-31/h4,7-9,15-17H,1,5-6,10-14,19-20H2,2-3H3,(H,29,32). The van der Waals surface area contributed by atoms with Crippen LogP contribution in [0.1, 0.15) is 25.0 Å². The minimum absolute atomic E-state index is 0.156. The average molecular weight is 479 g/mol. The van der Waals surface area contributed by atoms with Crippen LogP contribution in [0, 0.1) is 11.3 Å². The van der Waals surface area contributed by atoms with Crippen molar-refractivity contribution in [1.82, 2.24) is 4.90 Å². The zero-order chi connectivity index (χ0) is 25.0. The highest BCUT2D eigenvalue weighted by atomic mass is 16.5. The van der Waals surface area contributed by atoms with Gasteiger partial charge in [0.25, 0.3) is 0 Å². The van der Waals surface area contributed by atoms with E-state index in [1.807, 2.05) is 49.1 Å². The summed E-state index contributed by atoms with van der Waals surface area (Å²) in [4.78, 5) is 17.2. The molecule has 8 heteroatoms. The van der Waals surface area contributed by atoms with E-state index < -0.39 is 0 Å². The summed E-state index contributed by atoms with van der Waals surface area (Å²) >= 11 is 0. The van der Waals surface area contributed by atoms with E-state index in [0.717, 1.165) is 24.3 Å². The largest absolute Gasteiger partial charge is 0.492 e. The van der Waals surface area contributed by atoms with Gasteiger partial charge in [-0.05, 0) is 31.5 Å². The summed E-state index contributed by atoms with van der Waals surface area (Å²) in [6.45, 7) is 12.7. The number of hydrogen-bond acceptors (Lipinski definition) is 7. The predicted octanol–water partition coefficient (Wildman–Crippen LogP) is 3.82. The van der Waals surface area contributed by atoms with Gasteiger partial charge in [0.1, 0.15) is 11.5 Å². The topological polar surface area (TPSA) is 87.1 Å². The lowest BCUT2D eigenvalue weighted by molar-refractivity contribution is -0.117. The van der Waals surface area contributed by atoms with Crippen molar-refractivity contribution < 1.29 is 19.0 Å². The zero-order valence-electron chi connectivity index (χ0n) is 20.6. The van der Waals surface area contributed by atoms with Gasteiger partial charge in [-0.1, -0.05) is 18.2 Å². The van der Waals surface area contributed by atoms with Crippen LogP contribution in [0.2, 0.25) is 0 Å². The molecule has 186 valence electrons. The van der Waals surface area contributed by atoms with E-state index in [1.54, 1.807) is 12.1 Å². The fourth-order valence-corrected chi connectivity index (χ4v) is 4.00.